The van der Waals surface area contributed by atoms with Crippen molar-refractivity contribution in [2.45, 2.75) is 83.2 Å². The highest BCUT2D eigenvalue weighted by molar-refractivity contribution is 5.01. The van der Waals surface area contributed by atoms with E-state index in [1.807, 2.05) is 6.08 Å². The molecule has 1 aliphatic carbocycles. The number of allylic oxidation sites excluding steroid dienone is 1. The Morgan fingerprint density at radius 1 is 1.16 bits per heavy atom. The van der Waals surface area contributed by atoms with Crippen LogP contribution in [0.15, 0.2) is 12.7 Å². The van der Waals surface area contributed by atoms with Crippen molar-refractivity contribution in [2.75, 3.05) is 13.1 Å². The van der Waals surface area contributed by atoms with E-state index in [4.69, 9.17) is 5.73 Å². The molecule has 0 amide bonds. The molecular weight excluding hydrogens is 232 g/mol. The van der Waals surface area contributed by atoms with E-state index in [9.17, 15) is 0 Å². The van der Waals surface area contributed by atoms with Crippen molar-refractivity contribution in [1.82, 2.24) is 4.90 Å². The molecule has 1 atom stereocenters. The first-order chi connectivity index (χ1) is 9.21. The molecule has 1 aliphatic rings. The molecule has 0 bridgehead atoms. The Bertz CT molecular complexity index is 240. The van der Waals surface area contributed by atoms with E-state index in [0.717, 1.165) is 19.5 Å². The second-order valence-corrected chi connectivity index (χ2v) is 6.02. The molecule has 0 aromatic carbocycles. The lowest BCUT2D eigenvalue weighted by Crippen LogP contribution is -2.58. The van der Waals surface area contributed by atoms with E-state index >= 15 is 0 Å². The van der Waals surface area contributed by atoms with Gasteiger partial charge in [0.25, 0.3) is 0 Å². The van der Waals surface area contributed by atoms with Crippen LogP contribution in [0.2, 0.25) is 0 Å². The Balaban J connectivity index is 2.48. The molecule has 1 rings (SSSR count). The fourth-order valence-electron chi connectivity index (χ4n) is 3.86. The predicted octanol–water partition coefficient (Wildman–Crippen LogP) is 4.10. The van der Waals surface area contributed by atoms with E-state index in [0.29, 0.717) is 11.6 Å². The number of nitrogens with two attached hydrogens (primary N) is 1. The van der Waals surface area contributed by atoms with Crippen LogP contribution in [0.3, 0.4) is 0 Å². The van der Waals surface area contributed by atoms with E-state index in [1.54, 1.807) is 0 Å². The number of nitrogens with zero attached hydrogens (tertiary/aromatic N) is 1. The predicted molar refractivity (Wildman–Crippen MR) is 85.4 cm³/mol. The third kappa shape index (κ3) is 4.32. The Morgan fingerprint density at radius 3 is 2.32 bits per heavy atom. The summed E-state index contributed by atoms with van der Waals surface area (Å²) in [5, 5.41) is 0. The molecule has 2 heteroatoms. The zero-order chi connectivity index (χ0) is 14.1. The summed E-state index contributed by atoms with van der Waals surface area (Å²) >= 11 is 0. The summed E-state index contributed by atoms with van der Waals surface area (Å²) in [5.41, 5.74) is 6.93. The fraction of sp³-hybridized carbons (Fsp3) is 0.882. The van der Waals surface area contributed by atoms with Crippen LogP contribution in [0.25, 0.3) is 0 Å². The number of unbranched alkanes of at least 4 members (excludes halogenated alkanes) is 3. The maximum atomic E-state index is 6.62. The average molecular weight is 266 g/mol. The maximum Gasteiger partial charge on any atom is 0.0360 e. The molecule has 2 N–H and O–H groups in total. The van der Waals surface area contributed by atoms with Gasteiger partial charge in [-0.05, 0) is 45.2 Å². The van der Waals surface area contributed by atoms with Crippen molar-refractivity contribution in [3.8, 4) is 0 Å². The van der Waals surface area contributed by atoms with Crippen LogP contribution in [0.5, 0.6) is 0 Å². The maximum absolute atomic E-state index is 6.62. The van der Waals surface area contributed by atoms with Crippen molar-refractivity contribution >= 4 is 0 Å². The third-order valence-corrected chi connectivity index (χ3v) is 4.98. The van der Waals surface area contributed by atoms with E-state index in [1.165, 1.54) is 51.4 Å². The molecule has 0 spiro atoms. The third-order valence-electron chi connectivity index (χ3n) is 4.98. The molecule has 1 fully saturated rings. The topological polar surface area (TPSA) is 29.3 Å². The first-order valence-corrected chi connectivity index (χ1v) is 8.32. The normalized spacial score (nSPS) is 19.8. The van der Waals surface area contributed by atoms with Gasteiger partial charge in [-0.1, -0.05) is 45.6 Å². The van der Waals surface area contributed by atoms with Gasteiger partial charge in [0.05, 0.1) is 0 Å². The lowest BCUT2D eigenvalue weighted by atomic mass is 9.83. The van der Waals surface area contributed by atoms with E-state index < -0.39 is 0 Å². The van der Waals surface area contributed by atoms with Gasteiger partial charge in [0.2, 0.25) is 0 Å². The highest BCUT2D eigenvalue weighted by Gasteiger charge is 2.42. The largest absolute Gasteiger partial charge is 0.326 e. The molecule has 0 saturated heterocycles. The lowest BCUT2D eigenvalue weighted by molar-refractivity contribution is 0.0732. The smallest absolute Gasteiger partial charge is 0.0360 e. The van der Waals surface area contributed by atoms with Gasteiger partial charge < -0.3 is 5.73 Å². The van der Waals surface area contributed by atoms with Gasteiger partial charge in [-0.3, -0.25) is 4.90 Å². The first-order valence-electron chi connectivity index (χ1n) is 8.32. The van der Waals surface area contributed by atoms with Gasteiger partial charge in [0.1, 0.15) is 0 Å². The lowest BCUT2D eigenvalue weighted by Gasteiger charge is -2.45. The van der Waals surface area contributed by atoms with Crippen molar-refractivity contribution < 1.29 is 0 Å². The molecule has 1 unspecified atom stereocenters. The Labute approximate surface area is 120 Å². The minimum atomic E-state index is 0.307. The van der Waals surface area contributed by atoms with Crippen molar-refractivity contribution in [3.05, 3.63) is 12.7 Å². The van der Waals surface area contributed by atoms with Crippen LogP contribution >= 0.6 is 0 Å². The molecule has 0 radical (unpaired) electrons. The highest BCUT2D eigenvalue weighted by atomic mass is 15.2. The Kier molecular flexibility index (Phi) is 7.70. The second kappa shape index (κ2) is 8.76. The van der Waals surface area contributed by atoms with Gasteiger partial charge in [0.15, 0.2) is 0 Å². The number of hydrogen-bond acceptors (Lipinski definition) is 2. The molecule has 1 saturated carbocycles. The second-order valence-electron chi connectivity index (χ2n) is 6.02. The summed E-state index contributed by atoms with van der Waals surface area (Å²) in [7, 11) is 0. The summed E-state index contributed by atoms with van der Waals surface area (Å²) in [6.07, 6.45) is 13.5. The summed E-state index contributed by atoms with van der Waals surface area (Å²) in [4.78, 5) is 2.63. The Hall–Kier alpha value is -0.340. The molecule has 0 aliphatic heterocycles. The van der Waals surface area contributed by atoms with Gasteiger partial charge in [-0.15, -0.1) is 6.58 Å². The number of rotatable bonds is 10. The van der Waals surface area contributed by atoms with Crippen molar-refractivity contribution in [2.24, 2.45) is 5.73 Å². The van der Waals surface area contributed by atoms with Crippen molar-refractivity contribution in [3.63, 3.8) is 0 Å². The summed E-state index contributed by atoms with van der Waals surface area (Å²) in [6, 6.07) is 0.360. The summed E-state index contributed by atoms with van der Waals surface area (Å²) in [6.45, 7) is 10.6. The van der Waals surface area contributed by atoms with Crippen LogP contribution in [-0.4, -0.2) is 29.6 Å². The first kappa shape index (κ1) is 16.7. The van der Waals surface area contributed by atoms with Crippen LogP contribution < -0.4 is 5.73 Å². The standard InChI is InChI=1S/C17H34N2/c1-4-7-8-9-10-13-16(18)17(14-11-12-15-17)19(5-2)6-3/h4,16H,1,5-15,18H2,2-3H3. The van der Waals surface area contributed by atoms with E-state index in [2.05, 4.69) is 25.3 Å². The van der Waals surface area contributed by atoms with Crippen LogP contribution in [0, 0.1) is 0 Å². The molecular formula is C17H34N2. The van der Waals surface area contributed by atoms with Gasteiger partial charge in [-0.2, -0.15) is 0 Å². The highest BCUT2D eigenvalue weighted by Crippen LogP contribution is 2.38. The van der Waals surface area contributed by atoms with Crippen LogP contribution in [-0.2, 0) is 0 Å². The Morgan fingerprint density at radius 2 is 1.79 bits per heavy atom. The molecule has 2 nitrogen and oxygen atoms in total. The summed E-state index contributed by atoms with van der Waals surface area (Å²) in [5.74, 6) is 0. The number of likely N-dealkylation sites (N-methyl/N-ethyl adjacent to an activating group) is 1. The SMILES string of the molecule is C=CCCCCCC(N)C1(N(CC)CC)CCCC1. The number of hydrogen-bond donors (Lipinski definition) is 1. The fourth-order valence-corrected chi connectivity index (χ4v) is 3.86. The molecule has 0 aromatic rings. The van der Waals surface area contributed by atoms with Crippen molar-refractivity contribution in [1.29, 1.82) is 0 Å². The average Bonchev–Trinajstić information content (AvgIpc) is 2.90. The monoisotopic (exact) mass is 266 g/mol. The summed E-state index contributed by atoms with van der Waals surface area (Å²) < 4.78 is 0. The van der Waals surface area contributed by atoms with Gasteiger partial charge in [-0.25, -0.2) is 0 Å². The van der Waals surface area contributed by atoms with Gasteiger partial charge >= 0.3 is 0 Å². The molecule has 0 heterocycles. The van der Waals surface area contributed by atoms with Gasteiger partial charge in [0, 0.05) is 11.6 Å². The zero-order valence-electron chi connectivity index (χ0n) is 13.2. The van der Waals surface area contributed by atoms with E-state index in [-0.39, 0.29) is 0 Å². The molecule has 19 heavy (non-hydrogen) atoms. The minimum Gasteiger partial charge on any atom is -0.326 e. The minimum absolute atomic E-state index is 0.307. The van der Waals surface area contributed by atoms with Crippen LogP contribution in [0.4, 0.5) is 0 Å². The zero-order valence-corrected chi connectivity index (χ0v) is 13.2. The quantitative estimate of drug-likeness (QED) is 0.476. The molecule has 0 aromatic heterocycles. The van der Waals surface area contributed by atoms with Crippen LogP contribution in [0.1, 0.15) is 71.6 Å². The molecule has 112 valence electrons.